The number of aliphatic hydroxyl groups is 1. The molecule has 1 saturated carbocycles. The van der Waals surface area contributed by atoms with E-state index in [1.165, 1.54) is 0 Å². The van der Waals surface area contributed by atoms with Gasteiger partial charge in [0.1, 0.15) is 12.0 Å². The largest absolute Gasteiger partial charge is 0.390 e. The van der Waals surface area contributed by atoms with Crippen molar-refractivity contribution in [1.29, 1.82) is 0 Å². The minimum Gasteiger partial charge on any atom is -0.390 e. The molecule has 0 aliphatic heterocycles. The van der Waals surface area contributed by atoms with Crippen LogP contribution < -0.4 is 5.32 Å². The highest BCUT2D eigenvalue weighted by Gasteiger charge is 2.32. The molecule has 2 heterocycles. The molecule has 27 heavy (non-hydrogen) atoms. The maximum atomic E-state index is 13.0. The first-order valence-electron chi connectivity index (χ1n) is 9.83. The van der Waals surface area contributed by atoms with E-state index in [4.69, 9.17) is 0 Å². The molecule has 144 valence electrons. The van der Waals surface area contributed by atoms with Gasteiger partial charge in [-0.2, -0.15) is 0 Å². The molecular formula is C20H27N5O2. The number of fused-ring (bicyclic) bond motifs is 1. The molecule has 4 rings (SSSR count). The van der Waals surface area contributed by atoms with E-state index in [2.05, 4.69) is 20.3 Å². The zero-order valence-electron chi connectivity index (χ0n) is 16.0. The minimum atomic E-state index is -0.651. The fourth-order valence-corrected chi connectivity index (χ4v) is 4.30. The summed E-state index contributed by atoms with van der Waals surface area (Å²) in [6.07, 6.45) is 11.5. The molecule has 0 spiro atoms. The third-order valence-corrected chi connectivity index (χ3v) is 5.93. The second-order valence-corrected chi connectivity index (χ2v) is 8.30. The Morgan fingerprint density at radius 2 is 2.00 bits per heavy atom. The normalized spacial score (nSPS) is 22.5. The number of amides is 1. The molecule has 1 amide bonds. The van der Waals surface area contributed by atoms with Crippen LogP contribution in [0.3, 0.4) is 0 Å². The maximum Gasteiger partial charge on any atom is 0.270 e. The summed E-state index contributed by atoms with van der Waals surface area (Å²) in [6, 6.07) is 0.139. The molecule has 7 nitrogen and oxygen atoms in total. The van der Waals surface area contributed by atoms with Crippen LogP contribution >= 0.6 is 0 Å². The summed E-state index contributed by atoms with van der Waals surface area (Å²) in [4.78, 5) is 26.2. The van der Waals surface area contributed by atoms with Crippen molar-refractivity contribution in [2.75, 3.05) is 0 Å². The van der Waals surface area contributed by atoms with Gasteiger partial charge >= 0.3 is 0 Å². The third-order valence-electron chi connectivity index (χ3n) is 5.93. The summed E-state index contributed by atoms with van der Waals surface area (Å²) in [5, 5.41) is 13.4. The smallest absolute Gasteiger partial charge is 0.270 e. The lowest BCUT2D eigenvalue weighted by molar-refractivity contribution is -0.00258. The molecule has 2 aliphatic carbocycles. The number of hydrogen-bond donors (Lipinski definition) is 2. The summed E-state index contributed by atoms with van der Waals surface area (Å²) < 4.78 is 1.74. The van der Waals surface area contributed by atoms with E-state index < -0.39 is 5.60 Å². The van der Waals surface area contributed by atoms with Gasteiger partial charge in [-0.25, -0.2) is 15.0 Å². The highest BCUT2D eigenvalue weighted by molar-refractivity contribution is 5.94. The van der Waals surface area contributed by atoms with Gasteiger partial charge in [0.25, 0.3) is 5.91 Å². The molecule has 0 atom stereocenters. The Morgan fingerprint density at radius 3 is 2.67 bits per heavy atom. The number of nitrogens with zero attached hydrogens (tertiary/aromatic N) is 4. The highest BCUT2D eigenvalue weighted by atomic mass is 16.3. The Hall–Kier alpha value is -2.28. The topological polar surface area (TPSA) is 92.9 Å². The van der Waals surface area contributed by atoms with Crippen LogP contribution in [0.2, 0.25) is 0 Å². The second kappa shape index (κ2) is 7.03. The van der Waals surface area contributed by atoms with Gasteiger partial charge in [-0.3, -0.25) is 9.36 Å². The summed E-state index contributed by atoms with van der Waals surface area (Å²) in [6.45, 7) is 3.75. The molecule has 2 N–H and O–H groups in total. The van der Waals surface area contributed by atoms with E-state index >= 15 is 0 Å². The van der Waals surface area contributed by atoms with E-state index in [0.29, 0.717) is 17.6 Å². The first-order valence-corrected chi connectivity index (χ1v) is 9.83. The van der Waals surface area contributed by atoms with Crippen molar-refractivity contribution in [2.24, 2.45) is 5.92 Å². The molecule has 2 aliphatic rings. The van der Waals surface area contributed by atoms with E-state index in [-0.39, 0.29) is 11.9 Å². The minimum absolute atomic E-state index is 0.108. The zero-order valence-corrected chi connectivity index (χ0v) is 16.0. The van der Waals surface area contributed by atoms with Crippen LogP contribution in [0.5, 0.6) is 0 Å². The van der Waals surface area contributed by atoms with Gasteiger partial charge in [-0.15, -0.1) is 0 Å². The Kier molecular flexibility index (Phi) is 4.72. The van der Waals surface area contributed by atoms with E-state index in [1.54, 1.807) is 23.3 Å². The summed E-state index contributed by atoms with van der Waals surface area (Å²) in [5.74, 6) is 0.689. The van der Waals surface area contributed by atoms with E-state index in [9.17, 15) is 9.90 Å². The van der Waals surface area contributed by atoms with Crippen LogP contribution in [0.1, 0.15) is 67.7 Å². The van der Waals surface area contributed by atoms with Gasteiger partial charge in [0.2, 0.25) is 5.95 Å². The SMILES string of the molecule is CC(C)(O)C1CCC(NC(=O)c2nc(-n3ccnc3)nc3c2CCC3)CC1. The van der Waals surface area contributed by atoms with Gasteiger partial charge < -0.3 is 10.4 Å². The van der Waals surface area contributed by atoms with Crippen molar-refractivity contribution in [2.45, 2.75) is 70.4 Å². The maximum absolute atomic E-state index is 13.0. The fraction of sp³-hybridized carbons (Fsp3) is 0.600. The number of rotatable bonds is 4. The van der Waals surface area contributed by atoms with Crippen LogP contribution in [-0.2, 0) is 12.8 Å². The van der Waals surface area contributed by atoms with Crippen molar-refractivity contribution in [1.82, 2.24) is 24.8 Å². The van der Waals surface area contributed by atoms with Crippen molar-refractivity contribution < 1.29 is 9.90 Å². The number of aryl methyl sites for hydroxylation is 1. The predicted molar refractivity (Wildman–Crippen MR) is 101 cm³/mol. The molecule has 7 heteroatoms. The molecule has 1 fully saturated rings. The number of carbonyl (C=O) groups excluding carboxylic acids is 1. The summed E-state index contributed by atoms with van der Waals surface area (Å²) >= 11 is 0. The Morgan fingerprint density at radius 1 is 1.22 bits per heavy atom. The highest BCUT2D eigenvalue weighted by Crippen LogP contribution is 2.32. The standard InChI is InChI=1S/C20H27N5O2/c1-20(2,27)13-6-8-14(9-7-13)22-18(26)17-15-4-3-5-16(15)23-19(24-17)25-11-10-21-12-25/h10-14,27H,3-9H2,1-2H3,(H,22,26). The van der Waals surface area contributed by atoms with Gasteiger partial charge in [0, 0.05) is 29.7 Å². The van der Waals surface area contributed by atoms with Gasteiger partial charge in [-0.05, 0) is 64.7 Å². The van der Waals surface area contributed by atoms with Crippen molar-refractivity contribution in [3.63, 3.8) is 0 Å². The van der Waals surface area contributed by atoms with Gasteiger partial charge in [-0.1, -0.05) is 0 Å². The van der Waals surface area contributed by atoms with Crippen LogP contribution in [0.15, 0.2) is 18.7 Å². The molecule has 0 unspecified atom stereocenters. The molecule has 2 aromatic heterocycles. The fourth-order valence-electron chi connectivity index (χ4n) is 4.30. The Bertz CT molecular complexity index is 818. The van der Waals surface area contributed by atoms with Crippen molar-refractivity contribution in [3.05, 3.63) is 35.7 Å². The van der Waals surface area contributed by atoms with Crippen LogP contribution in [0, 0.1) is 5.92 Å². The van der Waals surface area contributed by atoms with Gasteiger partial charge in [0.05, 0.1) is 5.60 Å². The van der Waals surface area contributed by atoms with Gasteiger partial charge in [0.15, 0.2) is 0 Å². The second-order valence-electron chi connectivity index (χ2n) is 8.30. The quantitative estimate of drug-likeness (QED) is 0.862. The number of nitrogens with one attached hydrogen (secondary N) is 1. The molecule has 0 bridgehead atoms. The predicted octanol–water partition coefficient (Wildman–Crippen LogP) is 2.21. The van der Waals surface area contributed by atoms with Crippen LogP contribution in [0.4, 0.5) is 0 Å². The Labute approximate surface area is 159 Å². The lowest BCUT2D eigenvalue weighted by Gasteiger charge is -2.36. The average Bonchev–Trinajstić information content (AvgIpc) is 3.32. The first kappa shape index (κ1) is 18.1. The summed E-state index contributed by atoms with van der Waals surface area (Å²) in [5.41, 5.74) is 1.82. The number of imidazole rings is 1. The summed E-state index contributed by atoms with van der Waals surface area (Å²) in [7, 11) is 0. The molecule has 0 radical (unpaired) electrons. The Balaban J connectivity index is 1.51. The lowest BCUT2D eigenvalue weighted by Crippen LogP contribution is -2.42. The average molecular weight is 369 g/mol. The monoisotopic (exact) mass is 369 g/mol. The lowest BCUT2D eigenvalue weighted by atomic mass is 9.77. The number of aromatic nitrogens is 4. The molecule has 0 saturated heterocycles. The van der Waals surface area contributed by atoms with Crippen molar-refractivity contribution in [3.8, 4) is 5.95 Å². The molecular weight excluding hydrogens is 342 g/mol. The zero-order chi connectivity index (χ0) is 19.0. The van der Waals surface area contributed by atoms with E-state index in [1.807, 2.05) is 13.8 Å². The van der Waals surface area contributed by atoms with Crippen molar-refractivity contribution >= 4 is 5.91 Å². The van der Waals surface area contributed by atoms with Crippen LogP contribution in [-0.4, -0.2) is 42.2 Å². The molecule has 0 aromatic carbocycles. The number of hydrogen-bond acceptors (Lipinski definition) is 5. The van der Waals surface area contributed by atoms with Crippen LogP contribution in [0.25, 0.3) is 5.95 Å². The van der Waals surface area contributed by atoms with E-state index in [0.717, 1.165) is 56.2 Å². The number of carbonyl (C=O) groups is 1. The molecule has 2 aromatic rings. The third kappa shape index (κ3) is 3.74. The first-order chi connectivity index (χ1) is 12.9.